The van der Waals surface area contributed by atoms with Gasteiger partial charge in [0.15, 0.2) is 6.61 Å². The summed E-state index contributed by atoms with van der Waals surface area (Å²) in [5, 5.41) is 2.85. The summed E-state index contributed by atoms with van der Waals surface area (Å²) in [6.45, 7) is 5.32. The third-order valence-corrected chi connectivity index (χ3v) is 4.79. The number of aryl methyl sites for hydroxylation is 1. The maximum absolute atomic E-state index is 13.1. The van der Waals surface area contributed by atoms with E-state index in [0.29, 0.717) is 17.2 Å². The van der Waals surface area contributed by atoms with Gasteiger partial charge in [0.25, 0.3) is 5.91 Å². The van der Waals surface area contributed by atoms with E-state index in [1.54, 1.807) is 25.1 Å². The maximum atomic E-state index is 13.1. The Hall–Kier alpha value is -2.63. The number of nitrogens with one attached hydrogen (secondary N) is 1. The first-order valence-electron chi connectivity index (χ1n) is 8.78. The highest BCUT2D eigenvalue weighted by atomic mass is 19.1. The van der Waals surface area contributed by atoms with Crippen molar-refractivity contribution in [3.63, 3.8) is 0 Å². The minimum Gasteiger partial charge on any atom is -0.452 e. The molecule has 0 spiro atoms. The number of halogens is 1. The van der Waals surface area contributed by atoms with E-state index in [4.69, 9.17) is 4.74 Å². The molecule has 0 radical (unpaired) electrons. The Labute approximate surface area is 152 Å². The molecule has 0 bridgehead atoms. The van der Waals surface area contributed by atoms with Crippen molar-refractivity contribution in [2.24, 2.45) is 5.92 Å². The number of amides is 1. The van der Waals surface area contributed by atoms with Crippen LogP contribution >= 0.6 is 0 Å². The second-order valence-corrected chi connectivity index (χ2v) is 6.87. The van der Waals surface area contributed by atoms with Crippen LogP contribution < -0.4 is 5.32 Å². The van der Waals surface area contributed by atoms with Gasteiger partial charge in [-0.1, -0.05) is 0 Å². The molecule has 3 rings (SSSR count). The number of hydrogen-bond donors (Lipinski definition) is 1. The molecule has 1 aliphatic rings. The van der Waals surface area contributed by atoms with Crippen molar-refractivity contribution in [1.29, 1.82) is 0 Å². The molecule has 1 heterocycles. The molecule has 1 aromatic carbocycles. The van der Waals surface area contributed by atoms with E-state index in [9.17, 15) is 14.0 Å². The molecule has 1 amide bonds. The Kier molecular flexibility index (Phi) is 5.11. The number of carbonyl (C=O) groups is 2. The van der Waals surface area contributed by atoms with Gasteiger partial charge in [0.1, 0.15) is 5.82 Å². The third kappa shape index (κ3) is 3.95. The van der Waals surface area contributed by atoms with Crippen LogP contribution in [0.4, 0.5) is 4.39 Å². The van der Waals surface area contributed by atoms with Gasteiger partial charge in [0, 0.05) is 23.1 Å². The van der Waals surface area contributed by atoms with Gasteiger partial charge in [-0.05, 0) is 69.9 Å². The SMILES string of the molecule is Cc1cc(C(=O)OCC(=O)N[C@@H](C)C2CC2)c(C)n1-c1ccc(F)cc1. The lowest BCUT2D eigenvalue weighted by Gasteiger charge is -2.13. The number of esters is 1. The number of rotatable bonds is 6. The van der Waals surface area contributed by atoms with E-state index in [1.807, 2.05) is 18.4 Å². The highest BCUT2D eigenvalue weighted by Crippen LogP contribution is 2.32. The van der Waals surface area contributed by atoms with Crippen molar-refractivity contribution in [2.75, 3.05) is 6.61 Å². The molecule has 138 valence electrons. The van der Waals surface area contributed by atoms with Crippen LogP contribution in [0.1, 0.15) is 41.5 Å². The second-order valence-electron chi connectivity index (χ2n) is 6.87. The van der Waals surface area contributed by atoms with E-state index in [0.717, 1.165) is 24.2 Å². The van der Waals surface area contributed by atoms with E-state index in [2.05, 4.69) is 5.32 Å². The Morgan fingerprint density at radius 3 is 2.54 bits per heavy atom. The predicted molar refractivity (Wildman–Crippen MR) is 95.8 cm³/mol. The zero-order valence-electron chi connectivity index (χ0n) is 15.2. The number of ether oxygens (including phenoxy) is 1. The second kappa shape index (κ2) is 7.32. The monoisotopic (exact) mass is 358 g/mol. The number of carbonyl (C=O) groups excluding carboxylic acids is 2. The minimum absolute atomic E-state index is 0.116. The van der Waals surface area contributed by atoms with Gasteiger partial charge in [-0.25, -0.2) is 9.18 Å². The number of nitrogens with zero attached hydrogens (tertiary/aromatic N) is 1. The van der Waals surface area contributed by atoms with Crippen LogP contribution in [0.2, 0.25) is 0 Å². The largest absolute Gasteiger partial charge is 0.452 e. The fourth-order valence-electron chi connectivity index (χ4n) is 3.18. The molecule has 1 N–H and O–H groups in total. The van der Waals surface area contributed by atoms with E-state index < -0.39 is 5.97 Å². The molecular weight excluding hydrogens is 335 g/mol. The van der Waals surface area contributed by atoms with E-state index in [1.165, 1.54) is 12.1 Å². The van der Waals surface area contributed by atoms with Crippen molar-refractivity contribution in [2.45, 2.75) is 39.7 Å². The Balaban J connectivity index is 1.67. The molecular formula is C20H23FN2O3. The smallest absolute Gasteiger partial charge is 0.340 e. The van der Waals surface area contributed by atoms with Crippen LogP contribution in [0, 0.1) is 25.6 Å². The number of hydrogen-bond acceptors (Lipinski definition) is 3. The third-order valence-electron chi connectivity index (χ3n) is 4.79. The average Bonchev–Trinajstić information content (AvgIpc) is 3.40. The summed E-state index contributed by atoms with van der Waals surface area (Å²) in [7, 11) is 0. The minimum atomic E-state index is -0.541. The highest BCUT2D eigenvalue weighted by molar-refractivity contribution is 5.93. The molecule has 1 aliphatic carbocycles. The van der Waals surface area contributed by atoms with Gasteiger partial charge in [0.05, 0.1) is 5.56 Å². The molecule has 1 aromatic heterocycles. The summed E-state index contributed by atoms with van der Waals surface area (Å²) in [4.78, 5) is 24.3. The van der Waals surface area contributed by atoms with Crippen LogP contribution in [-0.4, -0.2) is 29.1 Å². The standard InChI is InChI=1S/C20H23FN2O3/c1-12-10-18(14(3)23(12)17-8-6-16(21)7-9-17)20(25)26-11-19(24)22-13(2)15-4-5-15/h6-10,13,15H,4-5,11H2,1-3H3,(H,22,24)/t13-/m0/s1. The summed E-state index contributed by atoms with van der Waals surface area (Å²) < 4.78 is 20.2. The molecule has 2 aromatic rings. The lowest BCUT2D eigenvalue weighted by atomic mass is 10.2. The molecule has 0 aliphatic heterocycles. The lowest BCUT2D eigenvalue weighted by molar-refractivity contribution is -0.124. The van der Waals surface area contributed by atoms with Gasteiger partial charge >= 0.3 is 5.97 Å². The summed E-state index contributed by atoms with van der Waals surface area (Å²) in [6, 6.07) is 7.87. The van der Waals surface area contributed by atoms with Gasteiger partial charge in [0.2, 0.25) is 0 Å². The van der Waals surface area contributed by atoms with Crippen LogP contribution in [0.25, 0.3) is 5.69 Å². The van der Waals surface area contributed by atoms with E-state index in [-0.39, 0.29) is 24.4 Å². The lowest BCUT2D eigenvalue weighted by Crippen LogP contribution is -2.37. The fourth-order valence-corrected chi connectivity index (χ4v) is 3.18. The van der Waals surface area contributed by atoms with Crippen molar-refractivity contribution in [3.05, 3.63) is 53.1 Å². The van der Waals surface area contributed by atoms with Crippen LogP contribution in [0.5, 0.6) is 0 Å². The van der Waals surface area contributed by atoms with Gasteiger partial charge in [-0.2, -0.15) is 0 Å². The van der Waals surface area contributed by atoms with E-state index >= 15 is 0 Å². The van der Waals surface area contributed by atoms with Gasteiger partial charge in [-0.15, -0.1) is 0 Å². The molecule has 1 saturated carbocycles. The Morgan fingerprint density at radius 1 is 1.27 bits per heavy atom. The summed E-state index contributed by atoms with van der Waals surface area (Å²) in [5.41, 5.74) is 2.67. The molecule has 6 heteroatoms. The summed E-state index contributed by atoms with van der Waals surface area (Å²) in [6.07, 6.45) is 2.27. The number of benzene rings is 1. The number of aromatic nitrogens is 1. The first kappa shape index (κ1) is 18.2. The zero-order valence-corrected chi connectivity index (χ0v) is 15.2. The van der Waals surface area contributed by atoms with Crippen LogP contribution in [0.3, 0.4) is 0 Å². The summed E-state index contributed by atoms with van der Waals surface area (Å²) >= 11 is 0. The fraction of sp³-hybridized carbons (Fsp3) is 0.400. The van der Waals surface area contributed by atoms with Gasteiger partial charge in [-0.3, -0.25) is 4.79 Å². The molecule has 26 heavy (non-hydrogen) atoms. The molecule has 5 nitrogen and oxygen atoms in total. The first-order chi connectivity index (χ1) is 12.4. The Morgan fingerprint density at radius 2 is 1.92 bits per heavy atom. The molecule has 1 atom stereocenters. The van der Waals surface area contributed by atoms with Gasteiger partial charge < -0.3 is 14.6 Å². The molecule has 0 saturated heterocycles. The predicted octanol–water partition coefficient (Wildman–Crippen LogP) is 3.30. The highest BCUT2D eigenvalue weighted by Gasteiger charge is 2.29. The van der Waals surface area contributed by atoms with Crippen molar-refractivity contribution < 1.29 is 18.7 Å². The van der Waals surface area contributed by atoms with Crippen LogP contribution in [-0.2, 0) is 9.53 Å². The Bertz CT molecular complexity index is 822. The average molecular weight is 358 g/mol. The first-order valence-corrected chi connectivity index (χ1v) is 8.78. The molecule has 1 fully saturated rings. The van der Waals surface area contributed by atoms with Crippen molar-refractivity contribution in [3.8, 4) is 5.69 Å². The topological polar surface area (TPSA) is 60.3 Å². The van der Waals surface area contributed by atoms with Crippen molar-refractivity contribution >= 4 is 11.9 Å². The maximum Gasteiger partial charge on any atom is 0.340 e. The van der Waals surface area contributed by atoms with Crippen molar-refractivity contribution in [1.82, 2.24) is 9.88 Å². The normalized spacial score (nSPS) is 14.8. The zero-order chi connectivity index (χ0) is 18.8. The summed E-state index contributed by atoms with van der Waals surface area (Å²) in [5.74, 6) is -0.600. The quantitative estimate of drug-likeness (QED) is 0.806. The molecule has 0 unspecified atom stereocenters. The van der Waals surface area contributed by atoms with Crippen LogP contribution in [0.15, 0.2) is 30.3 Å².